The zero-order valence-corrected chi connectivity index (χ0v) is 20.5. The smallest absolute Gasteiger partial charge is 0.194 e. The molecule has 0 bridgehead atoms. The zero-order valence-electron chi connectivity index (χ0n) is 20.5. The van der Waals surface area contributed by atoms with Gasteiger partial charge in [0.05, 0.1) is 6.61 Å². The number of rotatable bonds is 7. The first kappa shape index (κ1) is 24.9. The average molecular weight is 502 g/mol. The number of ether oxygens (including phenoxy) is 1. The molecule has 1 heterocycles. The Kier molecular flexibility index (Phi) is 7.47. The maximum Gasteiger partial charge on any atom is 0.194 e. The number of phenolic OH excluding ortho intramolecular Hbond substituents is 1. The first-order valence-corrected chi connectivity index (χ1v) is 12.7. The van der Waals surface area contributed by atoms with Gasteiger partial charge in [-0.1, -0.05) is 25.0 Å². The van der Waals surface area contributed by atoms with Gasteiger partial charge >= 0.3 is 0 Å². The van der Waals surface area contributed by atoms with E-state index in [1.807, 2.05) is 0 Å². The lowest BCUT2D eigenvalue weighted by molar-refractivity contribution is 0.104. The van der Waals surface area contributed by atoms with E-state index in [2.05, 4.69) is 5.32 Å². The second kappa shape index (κ2) is 11.1. The van der Waals surface area contributed by atoms with Gasteiger partial charge in [0.15, 0.2) is 5.78 Å². The lowest BCUT2D eigenvalue weighted by Crippen LogP contribution is -2.29. The van der Waals surface area contributed by atoms with Crippen LogP contribution in [-0.2, 0) is 0 Å². The lowest BCUT2D eigenvalue weighted by Gasteiger charge is -2.16. The molecule has 0 aliphatic carbocycles. The third-order valence-corrected chi connectivity index (χ3v) is 6.97. The fourth-order valence-electron chi connectivity index (χ4n) is 5.01. The number of carbonyl (C=O) groups excluding carboxylic acids is 1. The van der Waals surface area contributed by atoms with Gasteiger partial charge in [-0.25, -0.2) is 8.78 Å². The number of halogens is 2. The summed E-state index contributed by atoms with van der Waals surface area (Å²) >= 11 is 0. The van der Waals surface area contributed by atoms with E-state index in [-0.39, 0.29) is 22.7 Å². The van der Waals surface area contributed by atoms with Crippen LogP contribution in [0.25, 0.3) is 21.9 Å². The fourth-order valence-corrected chi connectivity index (χ4v) is 5.01. The van der Waals surface area contributed by atoms with Crippen molar-refractivity contribution in [3.8, 4) is 22.6 Å². The van der Waals surface area contributed by atoms with Gasteiger partial charge in [0.2, 0.25) is 0 Å². The van der Waals surface area contributed by atoms with E-state index in [0.29, 0.717) is 40.3 Å². The highest BCUT2D eigenvalue weighted by Crippen LogP contribution is 2.35. The Morgan fingerprint density at radius 2 is 1.73 bits per heavy atom. The highest BCUT2D eigenvalue weighted by Gasteiger charge is 2.21. The highest BCUT2D eigenvalue weighted by molar-refractivity contribution is 6.20. The second-order valence-electron chi connectivity index (χ2n) is 9.51. The van der Waals surface area contributed by atoms with Crippen LogP contribution in [0, 0.1) is 11.6 Å². The van der Waals surface area contributed by atoms with Crippen LogP contribution in [0.5, 0.6) is 11.5 Å². The number of nitrogens with one attached hydrogen (secondary N) is 1. The summed E-state index contributed by atoms with van der Waals surface area (Å²) in [5.74, 6) is -1.00. The van der Waals surface area contributed by atoms with Crippen molar-refractivity contribution in [2.75, 3.05) is 13.2 Å². The number of benzene rings is 4. The second-order valence-corrected chi connectivity index (χ2v) is 9.51. The molecule has 1 aliphatic rings. The monoisotopic (exact) mass is 501 g/mol. The van der Waals surface area contributed by atoms with Crippen LogP contribution in [0.4, 0.5) is 8.78 Å². The van der Waals surface area contributed by atoms with Crippen LogP contribution in [0.2, 0.25) is 0 Å². The van der Waals surface area contributed by atoms with Crippen LogP contribution in [0.15, 0.2) is 72.8 Å². The van der Waals surface area contributed by atoms with Crippen molar-refractivity contribution in [2.45, 2.75) is 38.1 Å². The van der Waals surface area contributed by atoms with Crippen molar-refractivity contribution < 1.29 is 23.4 Å². The van der Waals surface area contributed by atoms with Crippen molar-refractivity contribution in [3.63, 3.8) is 0 Å². The minimum Gasteiger partial charge on any atom is -0.508 e. The minimum atomic E-state index is -0.751. The Bertz CT molecular complexity index is 1410. The summed E-state index contributed by atoms with van der Waals surface area (Å²) in [6.07, 6.45) is 5.83. The molecule has 190 valence electrons. The number of carbonyl (C=O) groups is 1. The van der Waals surface area contributed by atoms with Crippen LogP contribution < -0.4 is 10.1 Å². The Morgan fingerprint density at radius 3 is 2.54 bits per heavy atom. The van der Waals surface area contributed by atoms with Crippen molar-refractivity contribution >= 4 is 16.6 Å². The Morgan fingerprint density at radius 1 is 0.919 bits per heavy atom. The molecule has 4 aromatic rings. The Hall–Kier alpha value is -3.77. The summed E-state index contributed by atoms with van der Waals surface area (Å²) in [4.78, 5) is 13.8. The predicted octanol–water partition coefficient (Wildman–Crippen LogP) is 7.02. The van der Waals surface area contributed by atoms with Gasteiger partial charge in [0.25, 0.3) is 0 Å². The van der Waals surface area contributed by atoms with Gasteiger partial charge in [-0.05, 0) is 96.7 Å². The Labute approximate surface area is 214 Å². The summed E-state index contributed by atoms with van der Waals surface area (Å²) in [5.41, 5.74) is 1.20. The first-order valence-electron chi connectivity index (χ1n) is 12.7. The van der Waals surface area contributed by atoms with E-state index in [9.17, 15) is 18.7 Å². The van der Waals surface area contributed by atoms with Crippen molar-refractivity contribution in [1.82, 2.24) is 5.32 Å². The van der Waals surface area contributed by atoms with Gasteiger partial charge in [-0.15, -0.1) is 0 Å². The number of phenols is 1. The molecule has 1 fully saturated rings. The predicted molar refractivity (Wildman–Crippen MR) is 141 cm³/mol. The molecule has 0 amide bonds. The summed E-state index contributed by atoms with van der Waals surface area (Å²) in [6, 6.07) is 18.7. The van der Waals surface area contributed by atoms with Crippen molar-refractivity contribution in [1.29, 1.82) is 0 Å². The van der Waals surface area contributed by atoms with E-state index >= 15 is 0 Å². The first-order chi connectivity index (χ1) is 18.0. The molecule has 37 heavy (non-hydrogen) atoms. The fraction of sp³-hybridized carbons (Fsp3) is 0.258. The molecule has 5 rings (SSSR count). The minimum absolute atomic E-state index is 0.0622. The summed E-state index contributed by atoms with van der Waals surface area (Å²) in [5, 5.41) is 14.7. The van der Waals surface area contributed by atoms with Crippen LogP contribution in [0.3, 0.4) is 0 Å². The molecular weight excluding hydrogens is 472 g/mol. The van der Waals surface area contributed by atoms with Crippen LogP contribution >= 0.6 is 0 Å². The molecule has 1 saturated heterocycles. The third-order valence-electron chi connectivity index (χ3n) is 6.97. The van der Waals surface area contributed by atoms with Gasteiger partial charge in [0, 0.05) is 28.8 Å². The van der Waals surface area contributed by atoms with E-state index in [0.717, 1.165) is 25.5 Å². The molecule has 0 saturated carbocycles. The molecule has 1 atom stereocenters. The molecular formula is C31H29F2NO3. The summed E-state index contributed by atoms with van der Waals surface area (Å²) < 4.78 is 34.3. The van der Waals surface area contributed by atoms with Crippen molar-refractivity contribution in [2.24, 2.45) is 0 Å². The lowest BCUT2D eigenvalue weighted by atomic mass is 9.89. The molecule has 1 unspecified atom stereocenters. The highest BCUT2D eigenvalue weighted by atomic mass is 19.1. The SMILES string of the molecule is O=C(c1ccc(OCCC2CCCCCN2)cc1)c1c(-c2ccc(F)cc2F)ccc2cc(O)ccc12. The molecule has 0 radical (unpaired) electrons. The standard InChI is InChI=1S/C31H29F2NO3/c32-22-8-13-27(29(33)19-22)28-12-7-21-18-24(35)9-14-26(21)30(28)31(36)20-5-10-25(11-6-20)37-17-15-23-4-2-1-3-16-34-23/h5-14,18-19,23,34-35H,1-4,15-17H2. The molecule has 1 aliphatic heterocycles. The van der Waals surface area contributed by atoms with Crippen LogP contribution in [-0.4, -0.2) is 30.1 Å². The number of hydrogen-bond donors (Lipinski definition) is 2. The molecule has 0 aromatic heterocycles. The molecule has 2 N–H and O–H groups in total. The van der Waals surface area contributed by atoms with Crippen molar-refractivity contribution in [3.05, 3.63) is 95.6 Å². The van der Waals surface area contributed by atoms with Crippen LogP contribution in [0.1, 0.15) is 48.0 Å². The van der Waals surface area contributed by atoms with E-state index < -0.39 is 11.6 Å². The van der Waals surface area contributed by atoms with Gasteiger partial charge < -0.3 is 15.2 Å². The third kappa shape index (κ3) is 5.65. The average Bonchev–Trinajstić information content (AvgIpc) is 3.17. The molecule has 0 spiro atoms. The summed E-state index contributed by atoms with van der Waals surface area (Å²) in [6.45, 7) is 1.64. The number of aromatic hydroxyl groups is 1. The quantitative estimate of drug-likeness (QED) is 0.267. The van der Waals surface area contributed by atoms with E-state index in [1.165, 1.54) is 37.5 Å². The normalized spacial score (nSPS) is 15.9. The number of ketones is 1. The molecule has 4 aromatic carbocycles. The zero-order chi connectivity index (χ0) is 25.8. The maximum absolute atomic E-state index is 14.8. The summed E-state index contributed by atoms with van der Waals surface area (Å²) in [7, 11) is 0. The molecule has 6 heteroatoms. The van der Waals surface area contributed by atoms with Gasteiger partial charge in [0.1, 0.15) is 23.1 Å². The van der Waals surface area contributed by atoms with Gasteiger partial charge in [-0.3, -0.25) is 4.79 Å². The van der Waals surface area contributed by atoms with E-state index in [4.69, 9.17) is 4.74 Å². The Balaban J connectivity index is 1.42. The number of hydrogen-bond acceptors (Lipinski definition) is 4. The maximum atomic E-state index is 14.8. The van der Waals surface area contributed by atoms with Gasteiger partial charge in [-0.2, -0.15) is 0 Å². The van der Waals surface area contributed by atoms with E-state index in [1.54, 1.807) is 48.5 Å². The number of fused-ring (bicyclic) bond motifs is 1. The topological polar surface area (TPSA) is 58.6 Å². The largest absolute Gasteiger partial charge is 0.508 e. The molecule has 4 nitrogen and oxygen atoms in total.